The molecule has 0 aromatic rings. The zero-order valence-electron chi connectivity index (χ0n) is 10.1. The molecule has 2 amide bonds. The SMILES string of the molecule is C/N=C(\OC)[C@@H]1CC2(CC2)[C@H]2CN1C(=O)N2O. The second kappa shape index (κ2) is 3.35. The lowest BCUT2D eigenvalue weighted by atomic mass is 9.85. The van der Waals surface area contributed by atoms with E-state index in [0.717, 1.165) is 24.3 Å². The Labute approximate surface area is 99.8 Å². The molecule has 1 aliphatic carbocycles. The summed E-state index contributed by atoms with van der Waals surface area (Å²) in [5, 5.41) is 10.8. The Morgan fingerprint density at radius 1 is 1.59 bits per heavy atom. The quantitative estimate of drug-likeness (QED) is 0.416. The average Bonchev–Trinajstić information content (AvgIpc) is 3.04. The zero-order valence-corrected chi connectivity index (χ0v) is 10.1. The number of rotatable bonds is 1. The van der Waals surface area contributed by atoms with E-state index >= 15 is 0 Å². The predicted octanol–water partition coefficient (Wildman–Crippen LogP) is 0.709. The van der Waals surface area contributed by atoms with Crippen molar-refractivity contribution in [3.63, 3.8) is 0 Å². The van der Waals surface area contributed by atoms with Crippen molar-refractivity contribution in [1.82, 2.24) is 9.96 Å². The molecule has 0 unspecified atom stereocenters. The summed E-state index contributed by atoms with van der Waals surface area (Å²) >= 11 is 0. The summed E-state index contributed by atoms with van der Waals surface area (Å²) < 4.78 is 5.25. The molecule has 2 heterocycles. The van der Waals surface area contributed by atoms with E-state index in [0.29, 0.717) is 12.4 Å². The zero-order chi connectivity index (χ0) is 12.2. The summed E-state index contributed by atoms with van der Waals surface area (Å²) in [6.07, 6.45) is 3.00. The van der Waals surface area contributed by atoms with Crippen molar-refractivity contribution in [1.29, 1.82) is 0 Å². The topological polar surface area (TPSA) is 65.4 Å². The molecule has 0 aromatic carbocycles. The average molecular weight is 239 g/mol. The van der Waals surface area contributed by atoms with Crippen LogP contribution < -0.4 is 0 Å². The Morgan fingerprint density at radius 3 is 2.82 bits per heavy atom. The molecule has 0 radical (unpaired) electrons. The van der Waals surface area contributed by atoms with Gasteiger partial charge in [-0.05, 0) is 24.7 Å². The maximum atomic E-state index is 11.9. The number of fused-ring (bicyclic) bond motifs is 3. The molecule has 2 aliphatic heterocycles. The fourth-order valence-electron chi connectivity index (χ4n) is 3.25. The first-order valence-corrected chi connectivity index (χ1v) is 5.92. The fraction of sp³-hybridized carbons (Fsp3) is 0.818. The van der Waals surface area contributed by atoms with Gasteiger partial charge >= 0.3 is 6.03 Å². The fourth-order valence-corrected chi connectivity index (χ4v) is 3.25. The van der Waals surface area contributed by atoms with Crippen LogP contribution >= 0.6 is 0 Å². The number of aliphatic imine (C=N–C) groups is 1. The summed E-state index contributed by atoms with van der Waals surface area (Å²) in [7, 11) is 3.24. The van der Waals surface area contributed by atoms with Crippen LogP contribution in [-0.2, 0) is 4.74 Å². The van der Waals surface area contributed by atoms with Crippen molar-refractivity contribution in [2.45, 2.75) is 31.3 Å². The molecule has 3 fully saturated rings. The Morgan fingerprint density at radius 2 is 2.29 bits per heavy atom. The number of carbonyl (C=O) groups excluding carboxylic acids is 1. The first-order chi connectivity index (χ1) is 8.13. The van der Waals surface area contributed by atoms with Crippen LogP contribution in [-0.4, -0.2) is 59.9 Å². The molecule has 17 heavy (non-hydrogen) atoms. The maximum absolute atomic E-state index is 11.9. The van der Waals surface area contributed by atoms with Gasteiger partial charge in [0, 0.05) is 13.6 Å². The van der Waals surface area contributed by atoms with E-state index in [2.05, 4.69) is 4.99 Å². The lowest BCUT2D eigenvalue weighted by Gasteiger charge is -2.36. The highest BCUT2D eigenvalue weighted by molar-refractivity contribution is 5.88. The molecule has 1 N–H and O–H groups in total. The smallest absolute Gasteiger partial charge is 0.344 e. The van der Waals surface area contributed by atoms with Crippen molar-refractivity contribution in [2.24, 2.45) is 10.4 Å². The van der Waals surface area contributed by atoms with Crippen LogP contribution in [0.2, 0.25) is 0 Å². The number of piperidine rings is 1. The molecule has 1 saturated carbocycles. The summed E-state index contributed by atoms with van der Waals surface area (Å²) in [6, 6.07) is -0.475. The first kappa shape index (κ1) is 10.8. The number of amides is 2. The van der Waals surface area contributed by atoms with Crippen LogP contribution in [0.1, 0.15) is 19.3 Å². The normalized spacial score (nSPS) is 34.5. The van der Waals surface area contributed by atoms with Crippen LogP contribution in [0, 0.1) is 5.41 Å². The van der Waals surface area contributed by atoms with Gasteiger partial charge in [0.1, 0.15) is 6.04 Å². The molecule has 0 aromatic heterocycles. The van der Waals surface area contributed by atoms with Crippen LogP contribution in [0.15, 0.2) is 4.99 Å². The van der Waals surface area contributed by atoms with Crippen molar-refractivity contribution < 1.29 is 14.7 Å². The predicted molar refractivity (Wildman–Crippen MR) is 60.0 cm³/mol. The van der Waals surface area contributed by atoms with Gasteiger partial charge in [0.2, 0.25) is 5.90 Å². The molecule has 94 valence electrons. The van der Waals surface area contributed by atoms with Gasteiger partial charge in [-0.15, -0.1) is 0 Å². The van der Waals surface area contributed by atoms with E-state index < -0.39 is 0 Å². The van der Waals surface area contributed by atoms with E-state index in [1.807, 2.05) is 0 Å². The summed E-state index contributed by atoms with van der Waals surface area (Å²) in [4.78, 5) is 17.7. The highest BCUT2D eigenvalue weighted by Gasteiger charge is 2.63. The highest BCUT2D eigenvalue weighted by Crippen LogP contribution is 2.58. The third-order valence-corrected chi connectivity index (χ3v) is 4.40. The van der Waals surface area contributed by atoms with Gasteiger partial charge < -0.3 is 9.64 Å². The van der Waals surface area contributed by atoms with Crippen molar-refractivity contribution in [2.75, 3.05) is 20.7 Å². The minimum atomic E-state index is -0.318. The number of nitrogens with zero attached hydrogens (tertiary/aromatic N) is 3. The lowest BCUT2D eigenvalue weighted by molar-refractivity contribution is -0.0776. The monoisotopic (exact) mass is 239 g/mol. The van der Waals surface area contributed by atoms with Gasteiger partial charge in [-0.1, -0.05) is 0 Å². The van der Waals surface area contributed by atoms with Gasteiger partial charge in [-0.3, -0.25) is 10.2 Å². The second-order valence-electron chi connectivity index (χ2n) is 5.14. The number of hydroxylamine groups is 2. The van der Waals surface area contributed by atoms with E-state index in [4.69, 9.17) is 4.74 Å². The van der Waals surface area contributed by atoms with Gasteiger partial charge in [0.05, 0.1) is 13.2 Å². The van der Waals surface area contributed by atoms with Gasteiger partial charge in [-0.2, -0.15) is 0 Å². The Bertz CT molecular complexity index is 391. The first-order valence-electron chi connectivity index (χ1n) is 5.92. The number of hydrogen-bond acceptors (Lipinski definition) is 4. The molecule has 3 aliphatic rings. The van der Waals surface area contributed by atoms with Crippen molar-refractivity contribution in [3.05, 3.63) is 0 Å². The van der Waals surface area contributed by atoms with Gasteiger partial charge in [0.15, 0.2) is 0 Å². The minimum Gasteiger partial charge on any atom is -0.483 e. The molecular weight excluding hydrogens is 222 g/mol. The van der Waals surface area contributed by atoms with Crippen molar-refractivity contribution >= 4 is 11.9 Å². The molecule has 2 bridgehead atoms. The minimum absolute atomic E-state index is 0.0405. The molecule has 2 atom stereocenters. The van der Waals surface area contributed by atoms with Crippen LogP contribution in [0.4, 0.5) is 4.79 Å². The molecule has 1 spiro atoms. The van der Waals surface area contributed by atoms with E-state index in [9.17, 15) is 10.0 Å². The summed E-state index contributed by atoms with van der Waals surface area (Å²) in [5.74, 6) is 0.582. The van der Waals surface area contributed by atoms with Crippen LogP contribution in [0.3, 0.4) is 0 Å². The lowest BCUT2D eigenvalue weighted by Crippen LogP contribution is -2.49. The van der Waals surface area contributed by atoms with Crippen LogP contribution in [0.5, 0.6) is 0 Å². The standard InChI is InChI=1S/C11H17N3O3/c1-12-9(17-2)7-5-11(3-4-11)8-6-13(7)10(15)14(8)16/h7-8,16H,3-6H2,1-2H3/b12-9-/t7-,8+/m0/s1. The molecule has 3 rings (SSSR count). The number of carbonyl (C=O) groups is 1. The molecular formula is C11H17N3O3. The highest BCUT2D eigenvalue weighted by atomic mass is 16.5. The van der Waals surface area contributed by atoms with Gasteiger partial charge in [0.25, 0.3) is 0 Å². The number of ether oxygens (including phenoxy) is 1. The van der Waals surface area contributed by atoms with Crippen molar-refractivity contribution in [3.8, 4) is 0 Å². The molecule has 2 saturated heterocycles. The maximum Gasteiger partial charge on any atom is 0.344 e. The Balaban J connectivity index is 1.94. The van der Waals surface area contributed by atoms with E-state index in [1.54, 1.807) is 19.1 Å². The number of hydrogen-bond donors (Lipinski definition) is 1. The Hall–Kier alpha value is -1.30. The van der Waals surface area contributed by atoms with E-state index in [1.165, 1.54) is 0 Å². The largest absolute Gasteiger partial charge is 0.483 e. The number of urea groups is 1. The van der Waals surface area contributed by atoms with Gasteiger partial charge in [-0.25, -0.2) is 9.86 Å². The molecule has 6 heteroatoms. The Kier molecular flexibility index (Phi) is 2.13. The van der Waals surface area contributed by atoms with E-state index in [-0.39, 0.29) is 23.5 Å². The summed E-state index contributed by atoms with van der Waals surface area (Å²) in [5.41, 5.74) is 0.0938. The summed E-state index contributed by atoms with van der Waals surface area (Å²) in [6.45, 7) is 0.586. The third-order valence-electron chi connectivity index (χ3n) is 4.40. The molecule has 6 nitrogen and oxygen atoms in total. The number of methoxy groups -OCH3 is 1. The third kappa shape index (κ3) is 1.30. The second-order valence-corrected chi connectivity index (χ2v) is 5.14. The van der Waals surface area contributed by atoms with Crippen LogP contribution in [0.25, 0.3) is 0 Å².